The molecule has 1 nitrogen and oxygen atoms in total. The van der Waals surface area contributed by atoms with Crippen molar-refractivity contribution in [3.05, 3.63) is 48.0 Å². The van der Waals surface area contributed by atoms with E-state index in [-0.39, 0.29) is 0 Å². The Bertz CT molecular complexity index is 313. The van der Waals surface area contributed by atoms with Gasteiger partial charge < -0.3 is 5.32 Å². The van der Waals surface area contributed by atoms with Crippen LogP contribution in [-0.4, -0.2) is 6.04 Å². The van der Waals surface area contributed by atoms with Crippen LogP contribution < -0.4 is 5.32 Å². The Hall–Kier alpha value is -1.08. The van der Waals surface area contributed by atoms with Crippen molar-refractivity contribution in [2.45, 2.75) is 31.8 Å². The lowest BCUT2D eigenvalue weighted by Gasteiger charge is -2.08. The lowest BCUT2D eigenvalue weighted by molar-refractivity contribution is 0.684. The molecular weight excluding hydrogens is 170 g/mol. The molecule has 0 heterocycles. The number of allylic oxidation sites excluding steroid dienone is 1. The van der Waals surface area contributed by atoms with Crippen LogP contribution in [0.4, 0.5) is 0 Å². The molecule has 1 fully saturated rings. The highest BCUT2D eigenvalue weighted by Crippen LogP contribution is 2.20. The number of benzene rings is 1. The lowest BCUT2D eigenvalue weighted by Crippen LogP contribution is -2.16. The Balaban J connectivity index is 2.01. The van der Waals surface area contributed by atoms with Crippen LogP contribution >= 0.6 is 0 Å². The summed E-state index contributed by atoms with van der Waals surface area (Å²) in [6.07, 6.45) is 5.64. The number of hydrogen-bond acceptors (Lipinski definition) is 1. The first-order valence-electron chi connectivity index (χ1n) is 5.31. The molecule has 0 bridgehead atoms. The average Bonchev–Trinajstić information content (AvgIpc) is 3.01. The van der Waals surface area contributed by atoms with Crippen molar-refractivity contribution in [1.82, 2.24) is 5.32 Å². The molecule has 0 aromatic heterocycles. The monoisotopic (exact) mass is 187 g/mol. The molecule has 1 saturated carbocycles. The maximum atomic E-state index is 3.78. The summed E-state index contributed by atoms with van der Waals surface area (Å²) in [5.74, 6) is 0. The fourth-order valence-electron chi connectivity index (χ4n) is 1.63. The van der Waals surface area contributed by atoms with Crippen molar-refractivity contribution in [3.8, 4) is 0 Å². The van der Waals surface area contributed by atoms with E-state index < -0.39 is 0 Å². The predicted octanol–water partition coefficient (Wildman–Crippen LogP) is 2.67. The first-order chi connectivity index (χ1) is 6.90. The fourth-order valence-corrected chi connectivity index (χ4v) is 1.63. The van der Waals surface area contributed by atoms with Crippen molar-refractivity contribution >= 4 is 0 Å². The van der Waals surface area contributed by atoms with Gasteiger partial charge in [0.1, 0.15) is 0 Å². The maximum absolute atomic E-state index is 3.78. The van der Waals surface area contributed by atoms with Crippen LogP contribution in [0.3, 0.4) is 0 Å². The van der Waals surface area contributed by atoms with E-state index >= 15 is 0 Å². The molecule has 0 unspecified atom stereocenters. The van der Waals surface area contributed by atoms with Gasteiger partial charge in [0.25, 0.3) is 0 Å². The molecule has 2 rings (SSSR count). The van der Waals surface area contributed by atoms with Crippen LogP contribution in [0.5, 0.6) is 0 Å². The molecular formula is C13H17N. The quantitative estimate of drug-likeness (QED) is 0.699. The summed E-state index contributed by atoms with van der Waals surface area (Å²) in [4.78, 5) is 0. The van der Waals surface area contributed by atoms with Crippen LogP contribution in [0.2, 0.25) is 0 Å². The third-order valence-electron chi connectivity index (χ3n) is 2.64. The van der Waals surface area contributed by atoms with Gasteiger partial charge in [-0.15, -0.1) is 6.58 Å². The van der Waals surface area contributed by atoms with Crippen LogP contribution in [0.15, 0.2) is 36.9 Å². The molecule has 1 aliphatic rings. The van der Waals surface area contributed by atoms with Gasteiger partial charge in [0, 0.05) is 12.6 Å². The standard InChI is InChI=1S/C13H17N/c1-2-5-11-6-3-4-7-12(11)10-14-13-8-9-13/h2-4,6-7,13-14H,1,5,8-10H2. The molecule has 1 aromatic carbocycles. The van der Waals surface area contributed by atoms with Gasteiger partial charge >= 0.3 is 0 Å². The summed E-state index contributed by atoms with van der Waals surface area (Å²) < 4.78 is 0. The van der Waals surface area contributed by atoms with Gasteiger partial charge in [0.2, 0.25) is 0 Å². The highest BCUT2D eigenvalue weighted by atomic mass is 14.9. The second kappa shape index (κ2) is 4.43. The summed E-state index contributed by atoms with van der Waals surface area (Å²) in [5.41, 5.74) is 2.81. The maximum Gasteiger partial charge on any atom is 0.0210 e. The van der Waals surface area contributed by atoms with E-state index in [0.717, 1.165) is 19.0 Å². The first-order valence-corrected chi connectivity index (χ1v) is 5.31. The van der Waals surface area contributed by atoms with Crippen molar-refractivity contribution in [1.29, 1.82) is 0 Å². The van der Waals surface area contributed by atoms with E-state index in [0.29, 0.717) is 0 Å². The van der Waals surface area contributed by atoms with E-state index in [2.05, 4.69) is 36.2 Å². The summed E-state index contributed by atoms with van der Waals surface area (Å²) in [6, 6.07) is 9.38. The topological polar surface area (TPSA) is 12.0 Å². The Labute approximate surface area is 85.8 Å². The van der Waals surface area contributed by atoms with Crippen LogP contribution in [0.1, 0.15) is 24.0 Å². The first kappa shape index (κ1) is 9.47. The molecule has 1 aliphatic carbocycles. The third kappa shape index (κ3) is 2.46. The van der Waals surface area contributed by atoms with E-state index in [1.807, 2.05) is 6.08 Å². The van der Waals surface area contributed by atoms with Gasteiger partial charge in [0.05, 0.1) is 0 Å². The second-order valence-corrected chi connectivity index (χ2v) is 3.92. The minimum Gasteiger partial charge on any atom is -0.310 e. The highest BCUT2D eigenvalue weighted by Gasteiger charge is 2.20. The van der Waals surface area contributed by atoms with Gasteiger partial charge in [-0.2, -0.15) is 0 Å². The third-order valence-corrected chi connectivity index (χ3v) is 2.64. The fraction of sp³-hybridized carbons (Fsp3) is 0.385. The molecule has 0 saturated heterocycles. The Morgan fingerprint density at radius 3 is 2.64 bits per heavy atom. The largest absolute Gasteiger partial charge is 0.310 e. The van der Waals surface area contributed by atoms with Gasteiger partial charge in [-0.3, -0.25) is 0 Å². The van der Waals surface area contributed by atoms with Gasteiger partial charge in [-0.05, 0) is 30.4 Å². The summed E-state index contributed by atoms with van der Waals surface area (Å²) in [7, 11) is 0. The predicted molar refractivity (Wildman–Crippen MR) is 60.2 cm³/mol. The molecule has 1 heteroatoms. The molecule has 14 heavy (non-hydrogen) atoms. The van der Waals surface area contributed by atoms with Crippen LogP contribution in [-0.2, 0) is 13.0 Å². The number of hydrogen-bond donors (Lipinski definition) is 1. The summed E-state index contributed by atoms with van der Waals surface area (Å²) in [5, 5.41) is 3.54. The smallest absolute Gasteiger partial charge is 0.0210 e. The minimum absolute atomic E-state index is 0.784. The Morgan fingerprint density at radius 2 is 2.00 bits per heavy atom. The minimum atomic E-state index is 0.784. The molecule has 1 N–H and O–H groups in total. The van der Waals surface area contributed by atoms with E-state index in [9.17, 15) is 0 Å². The molecule has 0 spiro atoms. The van der Waals surface area contributed by atoms with Crippen LogP contribution in [0, 0.1) is 0 Å². The average molecular weight is 187 g/mol. The van der Waals surface area contributed by atoms with Gasteiger partial charge in [-0.1, -0.05) is 30.3 Å². The normalized spacial score (nSPS) is 15.4. The Morgan fingerprint density at radius 1 is 1.29 bits per heavy atom. The molecule has 0 radical (unpaired) electrons. The summed E-state index contributed by atoms with van der Waals surface area (Å²) in [6.45, 7) is 4.79. The zero-order chi connectivity index (χ0) is 9.80. The zero-order valence-electron chi connectivity index (χ0n) is 8.50. The van der Waals surface area contributed by atoms with Crippen molar-refractivity contribution in [2.75, 3.05) is 0 Å². The van der Waals surface area contributed by atoms with E-state index in [4.69, 9.17) is 0 Å². The number of nitrogens with one attached hydrogen (secondary N) is 1. The Kier molecular flexibility index (Phi) is 3.00. The van der Waals surface area contributed by atoms with Crippen LogP contribution in [0.25, 0.3) is 0 Å². The summed E-state index contributed by atoms with van der Waals surface area (Å²) >= 11 is 0. The highest BCUT2D eigenvalue weighted by molar-refractivity contribution is 5.28. The second-order valence-electron chi connectivity index (χ2n) is 3.92. The molecule has 0 atom stereocenters. The van der Waals surface area contributed by atoms with E-state index in [1.165, 1.54) is 24.0 Å². The van der Waals surface area contributed by atoms with Gasteiger partial charge in [0.15, 0.2) is 0 Å². The van der Waals surface area contributed by atoms with Crippen molar-refractivity contribution < 1.29 is 0 Å². The molecule has 0 aliphatic heterocycles. The molecule has 0 amide bonds. The lowest BCUT2D eigenvalue weighted by atomic mass is 10.0. The SMILES string of the molecule is C=CCc1ccccc1CNC1CC1. The molecule has 1 aromatic rings. The molecule has 74 valence electrons. The van der Waals surface area contributed by atoms with Crippen molar-refractivity contribution in [2.24, 2.45) is 0 Å². The number of rotatable bonds is 5. The van der Waals surface area contributed by atoms with E-state index in [1.54, 1.807) is 0 Å². The van der Waals surface area contributed by atoms with Gasteiger partial charge in [-0.25, -0.2) is 0 Å². The van der Waals surface area contributed by atoms with Crippen molar-refractivity contribution in [3.63, 3.8) is 0 Å². The zero-order valence-corrected chi connectivity index (χ0v) is 8.50.